The molecule has 0 heterocycles. The quantitative estimate of drug-likeness (QED) is 0.621. The molecule has 2 N–H and O–H groups in total. The molecule has 3 nitrogen and oxygen atoms in total. The van der Waals surface area contributed by atoms with Crippen molar-refractivity contribution in [3.63, 3.8) is 0 Å². The molecule has 0 aromatic carbocycles. The van der Waals surface area contributed by atoms with Gasteiger partial charge in [0.15, 0.2) is 0 Å². The van der Waals surface area contributed by atoms with Crippen LogP contribution in [0.2, 0.25) is 0 Å². The van der Waals surface area contributed by atoms with Gasteiger partial charge in [-0.1, -0.05) is 0 Å². The molecule has 0 aliphatic carbocycles. The lowest BCUT2D eigenvalue weighted by atomic mass is 10.1. The van der Waals surface area contributed by atoms with E-state index in [4.69, 9.17) is 11.8 Å². The number of hydrogen-bond acceptors (Lipinski definition) is 2. The molecule has 0 spiro atoms. The van der Waals surface area contributed by atoms with Crippen molar-refractivity contribution in [1.29, 1.82) is 0 Å². The lowest BCUT2D eigenvalue weighted by molar-refractivity contribution is -0.123. The van der Waals surface area contributed by atoms with Gasteiger partial charge in [-0.3, -0.25) is 4.79 Å². The van der Waals surface area contributed by atoms with Crippen LogP contribution in [0.5, 0.6) is 0 Å². The van der Waals surface area contributed by atoms with Crippen LogP contribution in [0.4, 0.5) is 0 Å². The van der Waals surface area contributed by atoms with E-state index in [1.165, 1.54) is 0 Å². The van der Waals surface area contributed by atoms with Gasteiger partial charge in [0.2, 0.25) is 5.91 Å². The summed E-state index contributed by atoms with van der Waals surface area (Å²) in [7, 11) is 0. The minimum atomic E-state index is -0.351. The molecule has 0 saturated heterocycles. The van der Waals surface area contributed by atoms with E-state index in [9.17, 15) is 4.79 Å². The summed E-state index contributed by atoms with van der Waals surface area (Å²) in [4.78, 5) is 13.5. The van der Waals surface area contributed by atoms with Crippen LogP contribution in [0.3, 0.4) is 0 Å². The van der Waals surface area contributed by atoms with E-state index in [0.29, 0.717) is 0 Å². The number of amides is 1. The average molecular weight is 179 g/mol. The first kappa shape index (κ1) is 10.7. The average Bonchev–Trinajstić information content (AvgIpc) is 1.82. The second-order valence-corrected chi connectivity index (χ2v) is 3.79. The Kier molecular flexibility index (Phi) is 3.83. The van der Waals surface area contributed by atoms with E-state index in [0.717, 1.165) is 0 Å². The number of rotatable bonds is 2. The first-order valence-corrected chi connectivity index (χ1v) is 3.93. The molecule has 1 amide bonds. The highest BCUT2D eigenvalue weighted by Gasteiger charge is 2.17. The maximum atomic E-state index is 11.1. The van der Waals surface area contributed by atoms with E-state index < -0.39 is 0 Å². The van der Waals surface area contributed by atoms with Gasteiger partial charge in [0, 0.05) is 5.54 Å². The van der Waals surface area contributed by atoms with E-state index in [1.807, 2.05) is 20.8 Å². The predicted molar refractivity (Wildman–Crippen MR) is 46.3 cm³/mol. The monoisotopic (exact) mass is 178 g/mol. The van der Waals surface area contributed by atoms with Gasteiger partial charge < -0.3 is 5.32 Å². The molecular weight excluding hydrogens is 164 g/mol. The lowest BCUT2D eigenvalue weighted by Crippen LogP contribution is -2.47. The normalized spacial score (nSPS) is 14.3. The molecule has 11 heavy (non-hydrogen) atoms. The van der Waals surface area contributed by atoms with Crippen LogP contribution in [-0.4, -0.2) is 17.5 Å². The predicted octanol–water partition coefficient (Wildman–Crippen LogP) is 1.03. The molecule has 1 atom stereocenters. The molecule has 0 aliphatic rings. The topological polar surface area (TPSA) is 41.1 Å². The summed E-state index contributed by atoms with van der Waals surface area (Å²) in [5, 5.41) is 2.78. The largest absolute Gasteiger partial charge is 0.350 e. The molecule has 66 valence electrons. The van der Waals surface area contributed by atoms with Crippen molar-refractivity contribution in [1.82, 2.24) is 10.2 Å². The van der Waals surface area contributed by atoms with E-state index in [2.05, 4.69) is 10.2 Å². The zero-order valence-electron chi connectivity index (χ0n) is 7.36. The molecule has 4 heteroatoms. The fraction of sp³-hybridized carbons (Fsp3) is 0.857. The highest BCUT2D eigenvalue weighted by molar-refractivity contribution is 6.15. The summed E-state index contributed by atoms with van der Waals surface area (Å²) in [5.74, 6) is -0.0903. The molecule has 0 aromatic rings. The third-order valence-electron chi connectivity index (χ3n) is 1.06. The Bertz CT molecular complexity index is 142. The highest BCUT2D eigenvalue weighted by atomic mass is 35.5. The molecule has 0 saturated carbocycles. The maximum Gasteiger partial charge on any atom is 0.238 e. The fourth-order valence-electron chi connectivity index (χ4n) is 0.527. The summed E-state index contributed by atoms with van der Waals surface area (Å²) in [6, 6.07) is -0.351. The van der Waals surface area contributed by atoms with E-state index >= 15 is 0 Å². The second-order valence-electron chi connectivity index (χ2n) is 3.57. The number of hydrogen-bond donors (Lipinski definition) is 2. The summed E-state index contributed by atoms with van der Waals surface area (Å²) >= 11 is 5.26. The molecule has 0 aliphatic heterocycles. The lowest BCUT2D eigenvalue weighted by Gasteiger charge is -2.22. The van der Waals surface area contributed by atoms with Crippen LogP contribution in [0.25, 0.3) is 0 Å². The number of nitrogens with one attached hydrogen (secondary N) is 2. The molecule has 0 bridgehead atoms. The Morgan fingerprint density at radius 1 is 1.45 bits per heavy atom. The van der Waals surface area contributed by atoms with Crippen LogP contribution in [0.15, 0.2) is 0 Å². The van der Waals surface area contributed by atoms with Gasteiger partial charge >= 0.3 is 0 Å². The Labute approximate surface area is 72.6 Å². The van der Waals surface area contributed by atoms with Gasteiger partial charge in [0.05, 0.1) is 6.04 Å². The van der Waals surface area contributed by atoms with Crippen LogP contribution >= 0.6 is 11.8 Å². The zero-order valence-corrected chi connectivity index (χ0v) is 8.12. The van der Waals surface area contributed by atoms with Crippen molar-refractivity contribution >= 4 is 17.7 Å². The molecule has 0 fully saturated rings. The third kappa shape index (κ3) is 5.04. The van der Waals surface area contributed by atoms with Gasteiger partial charge in [-0.2, -0.15) is 0 Å². The Morgan fingerprint density at radius 2 is 1.91 bits per heavy atom. The Morgan fingerprint density at radius 3 is 2.18 bits per heavy atom. The van der Waals surface area contributed by atoms with Crippen molar-refractivity contribution < 1.29 is 4.79 Å². The molecular formula is C7H15ClN2O. The highest BCUT2D eigenvalue weighted by Crippen LogP contribution is 1.99. The van der Waals surface area contributed by atoms with Crippen LogP contribution < -0.4 is 10.2 Å². The van der Waals surface area contributed by atoms with E-state index in [-0.39, 0.29) is 17.5 Å². The molecule has 0 rings (SSSR count). The minimum Gasteiger partial charge on any atom is -0.350 e. The minimum absolute atomic E-state index is 0.0903. The maximum absolute atomic E-state index is 11.1. The summed E-state index contributed by atoms with van der Waals surface area (Å²) < 4.78 is 0. The molecule has 0 radical (unpaired) electrons. The van der Waals surface area contributed by atoms with Crippen LogP contribution in [0, 0.1) is 0 Å². The summed E-state index contributed by atoms with van der Waals surface area (Å²) in [6.45, 7) is 7.47. The first-order valence-electron chi connectivity index (χ1n) is 3.55. The third-order valence-corrected chi connectivity index (χ3v) is 1.38. The SMILES string of the molecule is C[C@H](NCl)C(=O)NC(C)(C)C. The van der Waals surface area contributed by atoms with Crippen molar-refractivity contribution in [3.05, 3.63) is 0 Å². The van der Waals surface area contributed by atoms with Gasteiger partial charge in [-0.25, -0.2) is 4.84 Å². The number of carbonyl (C=O) groups excluding carboxylic acids is 1. The standard InChI is InChI=1S/C7H15ClN2O/c1-5(10-8)6(11)9-7(2,3)4/h5,10H,1-4H3,(H,9,11)/t5-/m0/s1. The number of halogens is 1. The molecule has 0 aromatic heterocycles. The van der Waals surface area contributed by atoms with Gasteiger partial charge in [-0.05, 0) is 39.5 Å². The smallest absolute Gasteiger partial charge is 0.238 e. The van der Waals surface area contributed by atoms with E-state index in [1.54, 1.807) is 6.92 Å². The second kappa shape index (κ2) is 3.93. The van der Waals surface area contributed by atoms with Crippen LogP contribution in [-0.2, 0) is 4.79 Å². The summed E-state index contributed by atoms with van der Waals surface area (Å²) in [6.07, 6.45) is 0. The van der Waals surface area contributed by atoms with Crippen molar-refractivity contribution in [2.45, 2.75) is 39.3 Å². The first-order chi connectivity index (χ1) is 4.87. The van der Waals surface area contributed by atoms with Gasteiger partial charge in [0.1, 0.15) is 0 Å². The Hall–Kier alpha value is -0.280. The van der Waals surface area contributed by atoms with Gasteiger partial charge in [-0.15, -0.1) is 0 Å². The van der Waals surface area contributed by atoms with Crippen LogP contribution in [0.1, 0.15) is 27.7 Å². The fourth-order valence-corrected chi connectivity index (χ4v) is 0.626. The zero-order chi connectivity index (χ0) is 9.07. The number of carbonyl (C=O) groups is 1. The van der Waals surface area contributed by atoms with Crippen molar-refractivity contribution in [2.24, 2.45) is 0 Å². The molecule has 0 unspecified atom stereocenters. The Balaban J connectivity index is 3.88. The van der Waals surface area contributed by atoms with Crippen molar-refractivity contribution in [3.8, 4) is 0 Å². The summed E-state index contributed by atoms with van der Waals surface area (Å²) in [5.41, 5.74) is -0.195. The van der Waals surface area contributed by atoms with Crippen molar-refractivity contribution in [2.75, 3.05) is 0 Å². The van der Waals surface area contributed by atoms with Gasteiger partial charge in [0.25, 0.3) is 0 Å².